The van der Waals surface area contributed by atoms with Crippen molar-refractivity contribution in [2.75, 3.05) is 0 Å². The van der Waals surface area contributed by atoms with Crippen molar-refractivity contribution in [2.45, 2.75) is 25.8 Å². The highest BCUT2D eigenvalue weighted by Crippen LogP contribution is 2.03. The first-order valence-electron chi connectivity index (χ1n) is 3.86. The van der Waals surface area contributed by atoms with Crippen molar-refractivity contribution in [3.63, 3.8) is 0 Å². The molecule has 12 heavy (non-hydrogen) atoms. The van der Waals surface area contributed by atoms with E-state index in [1.165, 1.54) is 0 Å². The lowest BCUT2D eigenvalue weighted by molar-refractivity contribution is 0.111. The standard InChI is InChI=1S/C7H13N3OSi/c1-12(2,3)6-10-4-7(5-11)8-9-10/h4-5H,6H2,1-3H3. The molecular formula is C7H13N3OSi. The van der Waals surface area contributed by atoms with Crippen LogP contribution in [0.2, 0.25) is 19.6 Å². The summed E-state index contributed by atoms with van der Waals surface area (Å²) in [6, 6.07) is 0. The van der Waals surface area contributed by atoms with Gasteiger partial charge in [0, 0.05) is 6.17 Å². The fourth-order valence-electron chi connectivity index (χ4n) is 0.931. The van der Waals surface area contributed by atoms with Gasteiger partial charge in [0.15, 0.2) is 6.29 Å². The van der Waals surface area contributed by atoms with Crippen LogP contribution in [0.15, 0.2) is 6.20 Å². The summed E-state index contributed by atoms with van der Waals surface area (Å²) in [7, 11) is -1.15. The smallest absolute Gasteiger partial charge is 0.171 e. The number of carbonyl (C=O) groups excluding carboxylic acids is 1. The molecule has 0 saturated carbocycles. The predicted octanol–water partition coefficient (Wildman–Crippen LogP) is 0.968. The summed E-state index contributed by atoms with van der Waals surface area (Å²) in [5.74, 6) is 0. The van der Waals surface area contributed by atoms with E-state index in [1.807, 2.05) is 0 Å². The van der Waals surface area contributed by atoms with Gasteiger partial charge in [-0.2, -0.15) is 0 Å². The van der Waals surface area contributed by atoms with E-state index in [0.717, 1.165) is 6.17 Å². The molecule has 1 heterocycles. The summed E-state index contributed by atoms with van der Waals surface area (Å²) in [5.41, 5.74) is 0.410. The summed E-state index contributed by atoms with van der Waals surface area (Å²) < 4.78 is 1.75. The zero-order valence-corrected chi connectivity index (χ0v) is 8.61. The summed E-state index contributed by atoms with van der Waals surface area (Å²) in [5, 5.41) is 7.53. The number of aromatic nitrogens is 3. The van der Waals surface area contributed by atoms with E-state index in [2.05, 4.69) is 30.0 Å². The van der Waals surface area contributed by atoms with Gasteiger partial charge in [-0.25, -0.2) is 0 Å². The molecule has 66 valence electrons. The summed E-state index contributed by atoms with van der Waals surface area (Å²) in [4.78, 5) is 10.3. The molecule has 0 saturated heterocycles. The zero-order valence-electron chi connectivity index (χ0n) is 7.61. The van der Waals surface area contributed by atoms with Gasteiger partial charge in [-0.15, -0.1) is 5.10 Å². The minimum absolute atomic E-state index is 0.410. The summed E-state index contributed by atoms with van der Waals surface area (Å²) in [6.45, 7) is 6.74. The number of rotatable bonds is 3. The third-order valence-electron chi connectivity index (χ3n) is 1.31. The van der Waals surface area contributed by atoms with Crippen LogP contribution in [0.4, 0.5) is 0 Å². The third kappa shape index (κ3) is 2.58. The van der Waals surface area contributed by atoms with E-state index < -0.39 is 8.07 Å². The van der Waals surface area contributed by atoms with Gasteiger partial charge < -0.3 is 0 Å². The number of hydrogen-bond acceptors (Lipinski definition) is 3. The summed E-state index contributed by atoms with van der Waals surface area (Å²) in [6.07, 6.45) is 3.31. The Bertz CT molecular complexity index is 276. The van der Waals surface area contributed by atoms with Gasteiger partial charge in [-0.05, 0) is 0 Å². The van der Waals surface area contributed by atoms with Gasteiger partial charge in [0.25, 0.3) is 0 Å². The number of aldehydes is 1. The zero-order chi connectivity index (χ0) is 9.19. The molecule has 0 aliphatic heterocycles. The molecule has 0 aliphatic carbocycles. The van der Waals surface area contributed by atoms with E-state index in [4.69, 9.17) is 0 Å². The minimum Gasteiger partial charge on any atom is -0.296 e. The van der Waals surface area contributed by atoms with Gasteiger partial charge in [-0.3, -0.25) is 9.48 Å². The maximum Gasteiger partial charge on any atom is 0.171 e. The average Bonchev–Trinajstić information content (AvgIpc) is 2.32. The van der Waals surface area contributed by atoms with Crippen molar-refractivity contribution in [1.82, 2.24) is 15.0 Å². The minimum atomic E-state index is -1.15. The Kier molecular flexibility index (Phi) is 2.42. The Morgan fingerprint density at radius 1 is 1.58 bits per heavy atom. The molecular weight excluding hydrogens is 170 g/mol. The quantitative estimate of drug-likeness (QED) is 0.518. The molecule has 1 rings (SSSR count). The SMILES string of the molecule is C[Si](C)(C)Cn1cc(C=O)nn1. The highest BCUT2D eigenvalue weighted by Gasteiger charge is 2.14. The Balaban J connectivity index is 2.70. The van der Waals surface area contributed by atoms with E-state index in [9.17, 15) is 4.79 Å². The van der Waals surface area contributed by atoms with Crippen molar-refractivity contribution < 1.29 is 4.79 Å². The van der Waals surface area contributed by atoms with Crippen LogP contribution in [0.1, 0.15) is 10.5 Å². The fraction of sp³-hybridized carbons (Fsp3) is 0.571. The van der Waals surface area contributed by atoms with Crippen LogP contribution in [0.5, 0.6) is 0 Å². The normalized spacial score (nSPS) is 11.6. The average molecular weight is 183 g/mol. The van der Waals surface area contributed by atoms with Gasteiger partial charge in [0.1, 0.15) is 5.69 Å². The van der Waals surface area contributed by atoms with Crippen LogP contribution in [0.3, 0.4) is 0 Å². The van der Waals surface area contributed by atoms with Gasteiger partial charge in [0.05, 0.1) is 14.3 Å². The number of nitrogens with zero attached hydrogens (tertiary/aromatic N) is 3. The lowest BCUT2D eigenvalue weighted by atomic mass is 10.5. The molecule has 0 aromatic carbocycles. The largest absolute Gasteiger partial charge is 0.296 e. The molecule has 0 atom stereocenters. The lowest BCUT2D eigenvalue weighted by Gasteiger charge is -2.14. The molecule has 4 nitrogen and oxygen atoms in total. The Labute approximate surface area is 72.6 Å². The van der Waals surface area contributed by atoms with Crippen molar-refractivity contribution in [3.05, 3.63) is 11.9 Å². The molecule has 0 unspecified atom stereocenters. The van der Waals surface area contributed by atoms with E-state index in [-0.39, 0.29) is 0 Å². The maximum atomic E-state index is 10.3. The molecule has 1 aromatic heterocycles. The Morgan fingerprint density at radius 3 is 2.67 bits per heavy atom. The predicted molar refractivity (Wildman–Crippen MR) is 48.8 cm³/mol. The van der Waals surface area contributed by atoms with Crippen LogP contribution in [-0.2, 0) is 6.17 Å². The van der Waals surface area contributed by atoms with Crippen LogP contribution in [-0.4, -0.2) is 29.4 Å². The monoisotopic (exact) mass is 183 g/mol. The van der Waals surface area contributed by atoms with E-state index >= 15 is 0 Å². The third-order valence-corrected chi connectivity index (χ3v) is 2.59. The van der Waals surface area contributed by atoms with Crippen LogP contribution in [0, 0.1) is 0 Å². The van der Waals surface area contributed by atoms with Crippen molar-refractivity contribution in [1.29, 1.82) is 0 Å². The van der Waals surface area contributed by atoms with Crippen molar-refractivity contribution in [3.8, 4) is 0 Å². The Hall–Kier alpha value is -0.973. The maximum absolute atomic E-state index is 10.3. The number of carbonyl (C=O) groups is 1. The van der Waals surface area contributed by atoms with Crippen LogP contribution >= 0.6 is 0 Å². The van der Waals surface area contributed by atoms with Crippen LogP contribution < -0.4 is 0 Å². The molecule has 0 spiro atoms. The second-order valence-corrected chi connectivity index (χ2v) is 9.46. The van der Waals surface area contributed by atoms with Crippen molar-refractivity contribution in [2.24, 2.45) is 0 Å². The first-order valence-corrected chi connectivity index (χ1v) is 7.57. The highest BCUT2D eigenvalue weighted by molar-refractivity contribution is 6.74. The topological polar surface area (TPSA) is 47.8 Å². The van der Waals surface area contributed by atoms with E-state index in [1.54, 1.807) is 10.9 Å². The fourth-order valence-corrected chi connectivity index (χ4v) is 2.06. The van der Waals surface area contributed by atoms with Gasteiger partial charge >= 0.3 is 0 Å². The van der Waals surface area contributed by atoms with E-state index in [0.29, 0.717) is 12.0 Å². The summed E-state index contributed by atoms with van der Waals surface area (Å²) >= 11 is 0. The molecule has 0 amide bonds. The molecule has 0 N–H and O–H groups in total. The first kappa shape index (κ1) is 9.12. The number of hydrogen-bond donors (Lipinski definition) is 0. The Morgan fingerprint density at radius 2 is 2.25 bits per heavy atom. The molecule has 0 radical (unpaired) electrons. The molecule has 1 aromatic rings. The second kappa shape index (κ2) is 3.18. The van der Waals surface area contributed by atoms with Gasteiger partial charge in [0.2, 0.25) is 0 Å². The molecule has 0 aliphatic rings. The molecule has 5 heteroatoms. The second-order valence-electron chi connectivity index (χ2n) is 4.02. The molecule has 0 fully saturated rings. The first-order chi connectivity index (χ1) is 5.51. The van der Waals surface area contributed by atoms with Crippen molar-refractivity contribution >= 4 is 14.4 Å². The molecule has 0 bridgehead atoms. The van der Waals surface area contributed by atoms with Crippen LogP contribution in [0.25, 0.3) is 0 Å². The lowest BCUT2D eigenvalue weighted by Crippen LogP contribution is -2.28. The van der Waals surface area contributed by atoms with Gasteiger partial charge in [-0.1, -0.05) is 24.9 Å². The highest BCUT2D eigenvalue weighted by atomic mass is 28.3.